The predicted octanol–water partition coefficient (Wildman–Crippen LogP) is 3.35. The Morgan fingerprint density at radius 3 is 2.35 bits per heavy atom. The van der Waals surface area contributed by atoms with Crippen molar-refractivity contribution >= 4 is 38.2 Å². The van der Waals surface area contributed by atoms with Crippen LogP contribution in [0, 0.1) is 0 Å². The van der Waals surface area contributed by atoms with E-state index in [9.17, 15) is 18.0 Å². The number of H-pyrrole nitrogens is 1. The number of para-hydroxylation sites is 1. The van der Waals surface area contributed by atoms with Gasteiger partial charge in [0.05, 0.1) is 4.90 Å². The lowest BCUT2D eigenvalue weighted by Crippen LogP contribution is -2.23. The fourth-order valence-electron chi connectivity index (χ4n) is 3.54. The van der Waals surface area contributed by atoms with Crippen LogP contribution < -0.4 is 25.1 Å². The molecule has 2 heterocycles. The van der Waals surface area contributed by atoms with Crippen LogP contribution in [-0.2, 0) is 10.0 Å². The number of benzene rings is 3. The summed E-state index contributed by atoms with van der Waals surface area (Å²) in [5.41, 5.74) is 0.817. The fraction of sp³-hybridized carbons (Fsp3) is 0.0833. The molecule has 1 amide bonds. The van der Waals surface area contributed by atoms with Gasteiger partial charge in [-0.2, -0.15) is 0 Å². The van der Waals surface area contributed by atoms with E-state index in [4.69, 9.17) is 9.47 Å². The standard InChI is InChI=1S/C24H19N3O6S/c28-23(19-13-15-3-1-2-4-20(15)26-24(19)29)25-16-5-7-17(8-6-16)27-34(30,31)18-9-10-21-22(14-18)33-12-11-32-21/h1-10,13-14,27H,11-12H2,(H,25,28)(H,26,29). The van der Waals surface area contributed by atoms with Crippen molar-refractivity contribution in [2.45, 2.75) is 4.90 Å². The Hall–Kier alpha value is -4.31. The van der Waals surface area contributed by atoms with E-state index in [-0.39, 0.29) is 10.5 Å². The largest absolute Gasteiger partial charge is 0.486 e. The Kier molecular flexibility index (Phi) is 5.42. The number of amides is 1. The van der Waals surface area contributed by atoms with Gasteiger partial charge in [-0.15, -0.1) is 0 Å². The molecule has 0 unspecified atom stereocenters. The van der Waals surface area contributed by atoms with Gasteiger partial charge < -0.3 is 19.8 Å². The molecule has 5 rings (SSSR count). The van der Waals surface area contributed by atoms with Crippen LogP contribution >= 0.6 is 0 Å². The van der Waals surface area contributed by atoms with Crippen molar-refractivity contribution in [3.63, 3.8) is 0 Å². The van der Waals surface area contributed by atoms with Gasteiger partial charge in [0.1, 0.15) is 18.8 Å². The minimum Gasteiger partial charge on any atom is -0.486 e. The van der Waals surface area contributed by atoms with Gasteiger partial charge in [0, 0.05) is 23.0 Å². The maximum absolute atomic E-state index is 12.8. The number of ether oxygens (including phenoxy) is 2. The second-order valence-electron chi connectivity index (χ2n) is 7.54. The number of hydrogen-bond donors (Lipinski definition) is 3. The number of nitrogens with one attached hydrogen (secondary N) is 3. The first kappa shape index (κ1) is 21.5. The highest BCUT2D eigenvalue weighted by Gasteiger charge is 2.20. The third-order valence-electron chi connectivity index (χ3n) is 5.22. The second kappa shape index (κ2) is 8.56. The summed E-state index contributed by atoms with van der Waals surface area (Å²) in [5.74, 6) is 0.294. The number of aromatic amines is 1. The number of aromatic nitrogens is 1. The Bertz CT molecular complexity index is 1560. The Labute approximate surface area is 194 Å². The van der Waals surface area contributed by atoms with Crippen LogP contribution in [0.25, 0.3) is 10.9 Å². The molecule has 1 aliphatic rings. The van der Waals surface area contributed by atoms with Crippen LogP contribution in [0.1, 0.15) is 10.4 Å². The van der Waals surface area contributed by atoms with Crippen LogP contribution in [-0.4, -0.2) is 32.5 Å². The molecule has 9 nitrogen and oxygen atoms in total. The van der Waals surface area contributed by atoms with Gasteiger partial charge in [0.2, 0.25) is 0 Å². The third kappa shape index (κ3) is 4.30. The molecular weight excluding hydrogens is 458 g/mol. The van der Waals surface area contributed by atoms with E-state index in [2.05, 4.69) is 15.0 Å². The molecule has 10 heteroatoms. The molecule has 172 valence electrons. The summed E-state index contributed by atoms with van der Waals surface area (Å²) >= 11 is 0. The first-order valence-electron chi connectivity index (χ1n) is 10.3. The lowest BCUT2D eigenvalue weighted by molar-refractivity contribution is 0.102. The van der Waals surface area contributed by atoms with Crippen molar-refractivity contribution in [3.05, 3.63) is 88.7 Å². The van der Waals surface area contributed by atoms with E-state index in [0.717, 1.165) is 5.39 Å². The Balaban J connectivity index is 1.31. The van der Waals surface area contributed by atoms with Gasteiger partial charge in [-0.25, -0.2) is 8.42 Å². The summed E-state index contributed by atoms with van der Waals surface area (Å²) in [6.07, 6.45) is 0. The molecule has 0 saturated heterocycles. The van der Waals surface area contributed by atoms with Gasteiger partial charge in [0.25, 0.3) is 21.5 Å². The van der Waals surface area contributed by atoms with Crippen molar-refractivity contribution in [2.75, 3.05) is 23.3 Å². The summed E-state index contributed by atoms with van der Waals surface area (Å²) in [4.78, 5) is 27.6. The first-order chi connectivity index (χ1) is 16.4. The molecule has 0 atom stereocenters. The molecular formula is C24H19N3O6S. The minimum atomic E-state index is -3.87. The van der Waals surface area contributed by atoms with Crippen molar-refractivity contribution < 1.29 is 22.7 Å². The molecule has 3 aromatic carbocycles. The zero-order valence-corrected chi connectivity index (χ0v) is 18.5. The SMILES string of the molecule is O=C(Nc1ccc(NS(=O)(=O)c2ccc3c(c2)OCCO3)cc1)c1cc2ccccc2[nH]c1=O. The lowest BCUT2D eigenvalue weighted by Gasteiger charge is -2.19. The Morgan fingerprint density at radius 1 is 0.853 bits per heavy atom. The maximum Gasteiger partial charge on any atom is 0.262 e. The Morgan fingerprint density at radius 2 is 1.56 bits per heavy atom. The van der Waals surface area contributed by atoms with Crippen LogP contribution in [0.2, 0.25) is 0 Å². The van der Waals surface area contributed by atoms with E-state index >= 15 is 0 Å². The number of pyridine rings is 1. The van der Waals surface area contributed by atoms with Gasteiger partial charge in [-0.05, 0) is 53.9 Å². The molecule has 34 heavy (non-hydrogen) atoms. The minimum absolute atomic E-state index is 0.0258. The maximum atomic E-state index is 12.8. The second-order valence-corrected chi connectivity index (χ2v) is 9.22. The van der Waals surface area contributed by atoms with Gasteiger partial charge >= 0.3 is 0 Å². The molecule has 0 fully saturated rings. The molecule has 0 bridgehead atoms. The van der Waals surface area contributed by atoms with Crippen LogP contribution in [0.3, 0.4) is 0 Å². The average Bonchev–Trinajstić information content (AvgIpc) is 2.84. The summed E-state index contributed by atoms with van der Waals surface area (Å²) in [7, 11) is -3.87. The highest BCUT2D eigenvalue weighted by Crippen LogP contribution is 2.32. The predicted molar refractivity (Wildman–Crippen MR) is 127 cm³/mol. The number of hydrogen-bond acceptors (Lipinski definition) is 6. The number of rotatable bonds is 5. The molecule has 1 aliphatic heterocycles. The number of carbonyl (C=O) groups is 1. The van der Waals surface area contributed by atoms with Gasteiger partial charge in [-0.3, -0.25) is 14.3 Å². The van der Waals surface area contributed by atoms with Crippen molar-refractivity contribution in [1.82, 2.24) is 4.98 Å². The zero-order chi connectivity index (χ0) is 23.7. The topological polar surface area (TPSA) is 127 Å². The molecule has 0 aliphatic carbocycles. The first-order valence-corrected chi connectivity index (χ1v) is 11.8. The van der Waals surface area contributed by atoms with E-state index < -0.39 is 21.5 Å². The number of sulfonamides is 1. The lowest BCUT2D eigenvalue weighted by atomic mass is 10.1. The average molecular weight is 477 g/mol. The van der Waals surface area contributed by atoms with Gasteiger partial charge in [-0.1, -0.05) is 18.2 Å². The smallest absolute Gasteiger partial charge is 0.262 e. The quantitative estimate of drug-likeness (QED) is 0.405. The summed E-state index contributed by atoms with van der Waals surface area (Å²) in [6.45, 7) is 0.762. The molecule has 0 radical (unpaired) electrons. The summed E-state index contributed by atoms with van der Waals surface area (Å²) in [6, 6.07) is 19.2. The monoisotopic (exact) mass is 477 g/mol. The number of anilines is 2. The summed E-state index contributed by atoms with van der Waals surface area (Å²) in [5, 5.41) is 3.39. The molecule has 0 saturated carbocycles. The van der Waals surface area contributed by atoms with E-state index in [1.165, 1.54) is 42.5 Å². The highest BCUT2D eigenvalue weighted by molar-refractivity contribution is 7.92. The fourth-order valence-corrected chi connectivity index (χ4v) is 4.61. The molecule has 4 aromatic rings. The van der Waals surface area contributed by atoms with Crippen LogP contribution in [0.4, 0.5) is 11.4 Å². The van der Waals surface area contributed by atoms with Crippen molar-refractivity contribution in [2.24, 2.45) is 0 Å². The number of carbonyl (C=O) groups excluding carboxylic acids is 1. The zero-order valence-electron chi connectivity index (χ0n) is 17.7. The van der Waals surface area contributed by atoms with E-state index in [1.807, 2.05) is 6.07 Å². The molecule has 0 spiro atoms. The van der Waals surface area contributed by atoms with Crippen molar-refractivity contribution in [1.29, 1.82) is 0 Å². The highest BCUT2D eigenvalue weighted by atomic mass is 32.2. The molecule has 3 N–H and O–H groups in total. The van der Waals surface area contributed by atoms with Crippen LogP contribution in [0.15, 0.2) is 82.5 Å². The van der Waals surface area contributed by atoms with E-state index in [1.54, 1.807) is 24.3 Å². The van der Waals surface area contributed by atoms with Crippen molar-refractivity contribution in [3.8, 4) is 11.5 Å². The number of fused-ring (bicyclic) bond motifs is 2. The van der Waals surface area contributed by atoms with Crippen LogP contribution in [0.5, 0.6) is 11.5 Å². The third-order valence-corrected chi connectivity index (χ3v) is 6.60. The normalized spacial score (nSPS) is 12.8. The van der Waals surface area contributed by atoms with Gasteiger partial charge in [0.15, 0.2) is 11.5 Å². The summed E-state index contributed by atoms with van der Waals surface area (Å²) < 4.78 is 38.9. The molecule has 1 aromatic heterocycles. The van der Waals surface area contributed by atoms with E-state index in [0.29, 0.717) is 41.6 Å².